The van der Waals surface area contributed by atoms with Gasteiger partial charge >= 0.3 is 11.9 Å². The minimum absolute atomic E-state index is 0.00978. The molecular formula is C29H30N2O9. The van der Waals surface area contributed by atoms with Crippen LogP contribution < -0.4 is 23.7 Å². The Balaban J connectivity index is 1.61. The molecule has 0 saturated carbocycles. The summed E-state index contributed by atoms with van der Waals surface area (Å²) in [5, 5.41) is 6.14. The summed E-state index contributed by atoms with van der Waals surface area (Å²) in [6, 6.07) is 6.69. The third-order valence-corrected chi connectivity index (χ3v) is 7.11. The number of fused-ring (bicyclic) bond motifs is 4. The van der Waals surface area contributed by atoms with Crippen LogP contribution in [0.25, 0.3) is 0 Å². The number of ether oxygens (including phenoxy) is 6. The van der Waals surface area contributed by atoms with Gasteiger partial charge in [-0.05, 0) is 18.2 Å². The second-order valence-corrected chi connectivity index (χ2v) is 9.71. The first-order chi connectivity index (χ1) is 19.1. The Morgan fingerprint density at radius 3 is 2.42 bits per heavy atom. The predicted molar refractivity (Wildman–Crippen MR) is 142 cm³/mol. The zero-order valence-corrected chi connectivity index (χ0v) is 22.9. The Hall–Kier alpha value is -4.54. The van der Waals surface area contributed by atoms with Crippen molar-refractivity contribution in [2.24, 2.45) is 5.10 Å². The smallest absolute Gasteiger partial charge is 0.308 e. The van der Waals surface area contributed by atoms with E-state index in [1.165, 1.54) is 25.8 Å². The molecule has 2 aromatic carbocycles. The first-order valence-corrected chi connectivity index (χ1v) is 12.7. The molecule has 3 atom stereocenters. The van der Waals surface area contributed by atoms with Crippen molar-refractivity contribution in [2.75, 3.05) is 27.4 Å². The zero-order chi connectivity index (χ0) is 28.7. The van der Waals surface area contributed by atoms with E-state index in [1.807, 2.05) is 6.07 Å². The lowest BCUT2D eigenvalue weighted by atomic mass is 9.82. The molecule has 0 saturated heterocycles. The van der Waals surface area contributed by atoms with Crippen molar-refractivity contribution in [3.05, 3.63) is 53.1 Å². The Labute approximate surface area is 231 Å². The highest BCUT2D eigenvalue weighted by Gasteiger charge is 2.47. The quantitative estimate of drug-likeness (QED) is 0.291. The number of hydrogen-bond acceptors (Lipinski definition) is 10. The Morgan fingerprint density at radius 2 is 1.77 bits per heavy atom. The summed E-state index contributed by atoms with van der Waals surface area (Å²) in [7, 11) is 3.09. The Morgan fingerprint density at radius 1 is 1.05 bits per heavy atom. The average Bonchev–Trinajstić information content (AvgIpc) is 3.53. The number of hydrogen-bond donors (Lipinski definition) is 0. The van der Waals surface area contributed by atoms with Crippen molar-refractivity contribution < 1.29 is 42.8 Å². The van der Waals surface area contributed by atoms with Gasteiger partial charge in [0.1, 0.15) is 42.6 Å². The summed E-state index contributed by atoms with van der Waals surface area (Å²) in [5.74, 6) is 0.809. The van der Waals surface area contributed by atoms with Gasteiger partial charge in [0.25, 0.3) is 0 Å². The first-order valence-electron chi connectivity index (χ1n) is 12.7. The van der Waals surface area contributed by atoms with E-state index in [4.69, 9.17) is 33.5 Å². The molecule has 0 radical (unpaired) electrons. The third-order valence-electron chi connectivity index (χ3n) is 7.11. The fourth-order valence-corrected chi connectivity index (χ4v) is 5.31. The molecule has 0 aromatic heterocycles. The van der Waals surface area contributed by atoms with Gasteiger partial charge in [0.05, 0.1) is 25.8 Å². The molecule has 5 rings (SSSR count). The standard InChI is InChI=1S/C29H30N2O9/c1-14(12-37-16(3)33)23-10-20-22(40-23)8-7-18(29(20)39-17(4)34)28-27-19-9-25(35-5)26(36-6)11-24(19)38-13-21(27)31(30-28)15(2)32/h7-9,11,21,23,27H,1,10,12-13H2,2-6H3. The van der Waals surface area contributed by atoms with Crippen molar-refractivity contribution in [3.63, 3.8) is 0 Å². The third kappa shape index (κ3) is 4.72. The van der Waals surface area contributed by atoms with E-state index in [1.54, 1.807) is 32.4 Å². The second-order valence-electron chi connectivity index (χ2n) is 9.71. The number of nitrogens with zero attached hydrogens (tertiary/aromatic N) is 2. The van der Waals surface area contributed by atoms with Crippen LogP contribution in [0, 0.1) is 0 Å². The highest BCUT2D eigenvalue weighted by Crippen LogP contribution is 2.49. The Bertz CT molecular complexity index is 1450. The molecule has 11 heteroatoms. The van der Waals surface area contributed by atoms with Crippen LogP contribution in [0.2, 0.25) is 0 Å². The molecule has 3 aliphatic heterocycles. The zero-order valence-electron chi connectivity index (χ0n) is 22.9. The number of amides is 1. The molecule has 0 fully saturated rings. The summed E-state index contributed by atoms with van der Waals surface area (Å²) < 4.78 is 34.0. The van der Waals surface area contributed by atoms with Crippen LogP contribution in [-0.2, 0) is 25.5 Å². The summed E-state index contributed by atoms with van der Waals surface area (Å²) in [6.07, 6.45) is -0.138. The molecule has 0 bridgehead atoms. The largest absolute Gasteiger partial charge is 0.493 e. The van der Waals surface area contributed by atoms with Gasteiger partial charge in [0.2, 0.25) is 5.91 Å². The Kier molecular flexibility index (Phi) is 7.14. The van der Waals surface area contributed by atoms with Crippen LogP contribution in [0.4, 0.5) is 0 Å². The second kappa shape index (κ2) is 10.6. The summed E-state index contributed by atoms with van der Waals surface area (Å²) in [6.45, 7) is 8.30. The van der Waals surface area contributed by atoms with E-state index in [0.717, 1.165) is 5.56 Å². The highest BCUT2D eigenvalue weighted by atomic mass is 16.5. The minimum atomic E-state index is -0.519. The molecule has 3 aliphatic rings. The maximum absolute atomic E-state index is 12.7. The fourth-order valence-electron chi connectivity index (χ4n) is 5.31. The molecule has 0 N–H and O–H groups in total. The topological polar surface area (TPSA) is 122 Å². The van der Waals surface area contributed by atoms with E-state index < -0.39 is 30.0 Å². The van der Waals surface area contributed by atoms with Crippen LogP contribution in [0.3, 0.4) is 0 Å². The number of carbonyl (C=O) groups is 3. The van der Waals surface area contributed by atoms with Crippen LogP contribution >= 0.6 is 0 Å². The van der Waals surface area contributed by atoms with Crippen LogP contribution in [-0.4, -0.2) is 68.1 Å². The fraction of sp³-hybridized carbons (Fsp3) is 0.379. The van der Waals surface area contributed by atoms with Gasteiger partial charge in [-0.2, -0.15) is 5.10 Å². The lowest BCUT2D eigenvalue weighted by Gasteiger charge is -2.32. The van der Waals surface area contributed by atoms with Crippen molar-refractivity contribution in [3.8, 4) is 28.7 Å². The van der Waals surface area contributed by atoms with Gasteiger partial charge < -0.3 is 28.4 Å². The maximum Gasteiger partial charge on any atom is 0.308 e. The normalized spacial score (nSPS) is 20.2. The molecule has 3 heterocycles. The molecule has 0 aliphatic carbocycles. The monoisotopic (exact) mass is 550 g/mol. The molecule has 1 amide bonds. The van der Waals surface area contributed by atoms with Crippen LogP contribution in [0.1, 0.15) is 43.4 Å². The number of hydrazone groups is 1. The number of rotatable bonds is 7. The van der Waals surface area contributed by atoms with Gasteiger partial charge in [-0.1, -0.05) is 6.58 Å². The SMILES string of the molecule is C=C(COC(C)=O)C1Cc2c(ccc(C3=NN(C(C)=O)C4COc5cc(OC)c(OC)cc5C34)c2OC(C)=O)O1. The van der Waals surface area contributed by atoms with Crippen LogP contribution in [0.5, 0.6) is 28.7 Å². The van der Waals surface area contributed by atoms with E-state index in [9.17, 15) is 14.4 Å². The number of methoxy groups -OCH3 is 2. The highest BCUT2D eigenvalue weighted by molar-refractivity contribution is 6.10. The number of esters is 2. The van der Waals surface area contributed by atoms with Gasteiger partial charge in [0.15, 0.2) is 11.5 Å². The first kappa shape index (κ1) is 27.0. The van der Waals surface area contributed by atoms with Crippen LogP contribution in [0.15, 0.2) is 41.5 Å². The van der Waals surface area contributed by atoms with Crippen molar-refractivity contribution in [2.45, 2.75) is 45.3 Å². The van der Waals surface area contributed by atoms with E-state index in [-0.39, 0.29) is 19.1 Å². The van der Waals surface area contributed by atoms with Gasteiger partial charge in [0, 0.05) is 55.5 Å². The van der Waals surface area contributed by atoms with Gasteiger partial charge in [-0.15, -0.1) is 0 Å². The molecule has 0 spiro atoms. The molecule has 40 heavy (non-hydrogen) atoms. The predicted octanol–water partition coefficient (Wildman–Crippen LogP) is 3.16. The van der Waals surface area contributed by atoms with E-state index in [0.29, 0.717) is 57.6 Å². The average molecular weight is 551 g/mol. The summed E-state index contributed by atoms with van der Waals surface area (Å²) >= 11 is 0. The summed E-state index contributed by atoms with van der Waals surface area (Å²) in [5.41, 5.74) is 3.07. The lowest BCUT2D eigenvalue weighted by Crippen LogP contribution is -2.42. The molecule has 210 valence electrons. The maximum atomic E-state index is 12.7. The molecule has 3 unspecified atom stereocenters. The van der Waals surface area contributed by atoms with Crippen molar-refractivity contribution in [1.29, 1.82) is 0 Å². The lowest BCUT2D eigenvalue weighted by molar-refractivity contribution is -0.140. The minimum Gasteiger partial charge on any atom is -0.493 e. The van der Waals surface area contributed by atoms with Gasteiger partial charge in [-0.25, -0.2) is 5.01 Å². The van der Waals surface area contributed by atoms with E-state index in [2.05, 4.69) is 6.58 Å². The molecule has 11 nitrogen and oxygen atoms in total. The number of benzene rings is 2. The van der Waals surface area contributed by atoms with Gasteiger partial charge in [-0.3, -0.25) is 14.4 Å². The van der Waals surface area contributed by atoms with E-state index >= 15 is 0 Å². The van der Waals surface area contributed by atoms with Crippen molar-refractivity contribution >= 4 is 23.6 Å². The van der Waals surface area contributed by atoms with Crippen molar-refractivity contribution in [1.82, 2.24) is 5.01 Å². The molecule has 2 aromatic rings. The number of carbonyl (C=O) groups excluding carboxylic acids is 3. The molecular weight excluding hydrogens is 520 g/mol. The summed E-state index contributed by atoms with van der Waals surface area (Å²) in [4.78, 5) is 36.2.